The van der Waals surface area contributed by atoms with Crippen LogP contribution in [0.2, 0.25) is 0 Å². The minimum absolute atomic E-state index is 0.223. The lowest BCUT2D eigenvalue weighted by molar-refractivity contribution is -0.0444. The fourth-order valence-electron chi connectivity index (χ4n) is 4.29. The average Bonchev–Trinajstić information content (AvgIpc) is 2.60. The lowest BCUT2D eigenvalue weighted by Crippen LogP contribution is -2.54. The molecule has 3 aliphatic rings. The molecule has 1 N–H and O–H groups in total. The summed E-state index contributed by atoms with van der Waals surface area (Å²) in [5.74, 6) is 1.27. The molecule has 1 aromatic carbocycles. The fraction of sp³-hybridized carbons (Fsp3) is 0.421. The van der Waals surface area contributed by atoms with Crippen molar-refractivity contribution in [2.24, 2.45) is 11.8 Å². The number of hydrogen-bond acceptors (Lipinski definition) is 3. The Kier molecular flexibility index (Phi) is 3.47. The highest BCUT2D eigenvalue weighted by Crippen LogP contribution is 2.41. The van der Waals surface area contributed by atoms with Crippen molar-refractivity contribution >= 4 is 10.9 Å². The van der Waals surface area contributed by atoms with E-state index in [4.69, 9.17) is 0 Å². The van der Waals surface area contributed by atoms with Crippen molar-refractivity contribution in [1.82, 2.24) is 9.88 Å². The third kappa shape index (κ3) is 2.16. The number of aliphatic hydroxyl groups is 1. The van der Waals surface area contributed by atoms with Gasteiger partial charge in [0, 0.05) is 24.2 Å². The van der Waals surface area contributed by atoms with Gasteiger partial charge < -0.3 is 5.11 Å². The van der Waals surface area contributed by atoms with Crippen LogP contribution in [0.4, 0.5) is 0 Å². The van der Waals surface area contributed by atoms with Gasteiger partial charge in [0.1, 0.15) is 0 Å². The quantitative estimate of drug-likeness (QED) is 0.883. The van der Waals surface area contributed by atoms with Crippen molar-refractivity contribution in [2.45, 2.75) is 25.0 Å². The van der Waals surface area contributed by atoms with E-state index >= 15 is 0 Å². The summed E-state index contributed by atoms with van der Waals surface area (Å²) >= 11 is 0. The van der Waals surface area contributed by atoms with Crippen molar-refractivity contribution < 1.29 is 5.11 Å². The summed E-state index contributed by atoms with van der Waals surface area (Å²) in [4.78, 5) is 6.86. The van der Waals surface area contributed by atoms with Crippen LogP contribution in [0.5, 0.6) is 0 Å². The molecule has 4 heterocycles. The Hall–Kier alpha value is -1.71. The molecule has 1 aromatic heterocycles. The van der Waals surface area contributed by atoms with Gasteiger partial charge in [-0.15, -0.1) is 6.58 Å². The van der Waals surface area contributed by atoms with Gasteiger partial charge in [-0.25, -0.2) is 0 Å². The SMILES string of the molecule is C=C[C@@H]1CN2CC[C@@H]1C[C@@H]2[C@@H](O)c1ccnc2ccccc12. The first-order valence-electron chi connectivity index (χ1n) is 8.16. The maximum absolute atomic E-state index is 11.0. The number of rotatable bonds is 3. The van der Waals surface area contributed by atoms with E-state index in [0.717, 1.165) is 36.0 Å². The first-order chi connectivity index (χ1) is 10.8. The summed E-state index contributed by atoms with van der Waals surface area (Å²) in [6.07, 6.45) is 5.76. The summed E-state index contributed by atoms with van der Waals surface area (Å²) in [5, 5.41) is 12.1. The topological polar surface area (TPSA) is 36.4 Å². The predicted molar refractivity (Wildman–Crippen MR) is 88.5 cm³/mol. The zero-order chi connectivity index (χ0) is 15.1. The number of piperidine rings is 3. The molecular formula is C19H22N2O. The van der Waals surface area contributed by atoms with Crippen LogP contribution in [0.1, 0.15) is 24.5 Å². The van der Waals surface area contributed by atoms with Gasteiger partial charge in [-0.05, 0) is 48.9 Å². The van der Waals surface area contributed by atoms with E-state index < -0.39 is 6.10 Å². The van der Waals surface area contributed by atoms with Crippen LogP contribution < -0.4 is 0 Å². The van der Waals surface area contributed by atoms with Crippen LogP contribution in [0.25, 0.3) is 10.9 Å². The van der Waals surface area contributed by atoms with Gasteiger partial charge in [0.15, 0.2) is 0 Å². The molecule has 0 amide bonds. The number of aliphatic hydroxyl groups excluding tert-OH is 1. The van der Waals surface area contributed by atoms with E-state index in [1.54, 1.807) is 0 Å². The number of aromatic nitrogens is 1. The second-order valence-electron chi connectivity index (χ2n) is 6.61. The number of hydrogen-bond donors (Lipinski definition) is 1. The highest BCUT2D eigenvalue weighted by atomic mass is 16.3. The molecule has 0 aliphatic carbocycles. The monoisotopic (exact) mass is 294 g/mol. The molecule has 114 valence electrons. The Labute approximate surface area is 131 Å². The van der Waals surface area contributed by atoms with Crippen LogP contribution in [0.15, 0.2) is 49.2 Å². The van der Waals surface area contributed by atoms with Gasteiger partial charge in [-0.1, -0.05) is 24.3 Å². The van der Waals surface area contributed by atoms with Crippen LogP contribution in [-0.2, 0) is 0 Å². The van der Waals surface area contributed by atoms with Crippen LogP contribution in [-0.4, -0.2) is 34.1 Å². The lowest BCUT2D eigenvalue weighted by Gasteiger charge is -2.50. The molecule has 3 nitrogen and oxygen atoms in total. The first-order valence-corrected chi connectivity index (χ1v) is 8.16. The summed E-state index contributed by atoms with van der Waals surface area (Å²) in [6.45, 7) is 6.11. The lowest BCUT2D eigenvalue weighted by atomic mass is 9.73. The number of benzene rings is 1. The van der Waals surface area contributed by atoms with Gasteiger partial charge >= 0.3 is 0 Å². The van der Waals surface area contributed by atoms with Crippen molar-refractivity contribution in [3.8, 4) is 0 Å². The number of fused-ring (bicyclic) bond motifs is 4. The highest BCUT2D eigenvalue weighted by Gasteiger charge is 2.42. The van der Waals surface area contributed by atoms with Crippen molar-refractivity contribution in [3.63, 3.8) is 0 Å². The molecule has 22 heavy (non-hydrogen) atoms. The molecule has 5 rings (SSSR count). The maximum Gasteiger partial charge on any atom is 0.0952 e. The third-order valence-electron chi connectivity index (χ3n) is 5.52. The van der Waals surface area contributed by atoms with Crippen LogP contribution >= 0.6 is 0 Å². The van der Waals surface area contributed by atoms with Gasteiger partial charge in [-0.3, -0.25) is 9.88 Å². The van der Waals surface area contributed by atoms with Gasteiger partial charge in [-0.2, -0.15) is 0 Å². The summed E-state index contributed by atoms with van der Waals surface area (Å²) in [6, 6.07) is 10.3. The van der Waals surface area contributed by atoms with Crippen molar-refractivity contribution in [1.29, 1.82) is 0 Å². The van der Waals surface area contributed by atoms with E-state index in [0.29, 0.717) is 11.8 Å². The number of para-hydroxylation sites is 1. The average molecular weight is 294 g/mol. The molecule has 2 bridgehead atoms. The van der Waals surface area contributed by atoms with Crippen LogP contribution in [0.3, 0.4) is 0 Å². The minimum Gasteiger partial charge on any atom is -0.387 e. The van der Waals surface area contributed by atoms with E-state index in [-0.39, 0.29) is 6.04 Å². The van der Waals surface area contributed by atoms with Gasteiger partial charge in [0.2, 0.25) is 0 Å². The van der Waals surface area contributed by atoms with E-state index in [2.05, 4.69) is 28.6 Å². The van der Waals surface area contributed by atoms with Crippen molar-refractivity contribution in [2.75, 3.05) is 13.1 Å². The zero-order valence-electron chi connectivity index (χ0n) is 12.7. The molecule has 0 saturated carbocycles. The molecule has 3 saturated heterocycles. The molecule has 0 spiro atoms. The summed E-state index contributed by atoms with van der Waals surface area (Å²) < 4.78 is 0. The normalized spacial score (nSPS) is 32.0. The standard InChI is InChI=1S/C19H22N2O/c1-2-13-12-21-10-8-14(13)11-18(21)19(22)16-7-9-20-17-6-4-3-5-15(16)17/h2-7,9,13-14,18-19,22H,1,8,10-12H2/t13-,14-,18-,19+/m1/s1. The summed E-state index contributed by atoms with van der Waals surface area (Å²) in [5.41, 5.74) is 1.97. The molecule has 3 heteroatoms. The molecule has 3 aliphatic heterocycles. The molecular weight excluding hydrogens is 272 g/mol. The Morgan fingerprint density at radius 2 is 2.18 bits per heavy atom. The second kappa shape index (κ2) is 5.49. The number of pyridine rings is 1. The molecule has 1 unspecified atom stereocenters. The largest absolute Gasteiger partial charge is 0.387 e. The Morgan fingerprint density at radius 3 is 2.95 bits per heavy atom. The van der Waals surface area contributed by atoms with Crippen LogP contribution in [0, 0.1) is 11.8 Å². The zero-order valence-corrected chi connectivity index (χ0v) is 12.7. The minimum atomic E-state index is -0.443. The fourth-order valence-corrected chi connectivity index (χ4v) is 4.29. The molecule has 5 atom stereocenters. The number of nitrogens with zero attached hydrogens (tertiary/aromatic N) is 2. The van der Waals surface area contributed by atoms with E-state index in [1.165, 1.54) is 6.42 Å². The predicted octanol–water partition coefficient (Wildman–Crippen LogP) is 3.16. The Morgan fingerprint density at radius 1 is 1.32 bits per heavy atom. The van der Waals surface area contributed by atoms with Crippen molar-refractivity contribution in [3.05, 3.63) is 54.7 Å². The maximum atomic E-state index is 11.0. The first kappa shape index (κ1) is 13.9. The third-order valence-corrected chi connectivity index (χ3v) is 5.52. The smallest absolute Gasteiger partial charge is 0.0952 e. The summed E-state index contributed by atoms with van der Waals surface area (Å²) in [7, 11) is 0. The second-order valence-corrected chi connectivity index (χ2v) is 6.61. The van der Waals surface area contributed by atoms with E-state index in [1.807, 2.05) is 30.5 Å². The molecule has 3 fully saturated rings. The van der Waals surface area contributed by atoms with Gasteiger partial charge in [0.25, 0.3) is 0 Å². The van der Waals surface area contributed by atoms with E-state index in [9.17, 15) is 5.11 Å². The van der Waals surface area contributed by atoms with Gasteiger partial charge in [0.05, 0.1) is 11.6 Å². The molecule has 2 aromatic rings. The Bertz CT molecular complexity index is 693. The Balaban J connectivity index is 1.67. The molecule has 0 radical (unpaired) electrons. The highest BCUT2D eigenvalue weighted by molar-refractivity contribution is 5.82.